The predicted octanol–water partition coefficient (Wildman–Crippen LogP) is 1.22. The van der Waals surface area contributed by atoms with Crippen molar-refractivity contribution < 1.29 is 0 Å². The molecule has 2 saturated carbocycles. The van der Waals surface area contributed by atoms with Crippen molar-refractivity contribution in [2.75, 3.05) is 20.1 Å². The Morgan fingerprint density at radius 2 is 1.92 bits per heavy atom. The van der Waals surface area contributed by atoms with E-state index in [-0.39, 0.29) is 0 Å². The van der Waals surface area contributed by atoms with Crippen LogP contribution in [0.15, 0.2) is 0 Å². The standard InChI is InChI=1S/C11H20N2/c1-13-6-2-9(3-7-13)12-10-8-11(10)4-5-11/h9-10,12H,2-8H2,1H3. The van der Waals surface area contributed by atoms with E-state index in [1.54, 1.807) is 0 Å². The molecule has 0 aromatic carbocycles. The molecule has 1 unspecified atom stereocenters. The average Bonchev–Trinajstić information content (AvgIpc) is 3.01. The molecule has 74 valence electrons. The fourth-order valence-electron chi connectivity index (χ4n) is 2.76. The van der Waals surface area contributed by atoms with Crippen molar-refractivity contribution in [3.8, 4) is 0 Å². The van der Waals surface area contributed by atoms with E-state index in [1.807, 2.05) is 0 Å². The van der Waals surface area contributed by atoms with Gasteiger partial charge in [0.15, 0.2) is 0 Å². The van der Waals surface area contributed by atoms with E-state index in [1.165, 1.54) is 45.2 Å². The molecule has 0 bridgehead atoms. The molecule has 1 saturated heterocycles. The van der Waals surface area contributed by atoms with Crippen molar-refractivity contribution in [3.05, 3.63) is 0 Å². The first kappa shape index (κ1) is 8.25. The zero-order valence-corrected chi connectivity index (χ0v) is 8.55. The number of likely N-dealkylation sites (tertiary alicyclic amines) is 1. The zero-order chi connectivity index (χ0) is 8.89. The van der Waals surface area contributed by atoms with Gasteiger partial charge in [0, 0.05) is 12.1 Å². The Bertz CT molecular complexity index is 202. The fraction of sp³-hybridized carbons (Fsp3) is 1.00. The smallest absolute Gasteiger partial charge is 0.0133 e. The summed E-state index contributed by atoms with van der Waals surface area (Å²) in [6, 6.07) is 1.75. The third-order valence-corrected chi connectivity index (χ3v) is 4.24. The van der Waals surface area contributed by atoms with Crippen LogP contribution >= 0.6 is 0 Å². The van der Waals surface area contributed by atoms with Crippen LogP contribution in [0.25, 0.3) is 0 Å². The van der Waals surface area contributed by atoms with Gasteiger partial charge in [0.2, 0.25) is 0 Å². The number of hydrogen-bond acceptors (Lipinski definition) is 2. The van der Waals surface area contributed by atoms with Crippen molar-refractivity contribution in [1.29, 1.82) is 0 Å². The third-order valence-electron chi connectivity index (χ3n) is 4.24. The quantitative estimate of drug-likeness (QED) is 0.687. The summed E-state index contributed by atoms with van der Waals surface area (Å²) in [5.74, 6) is 0. The Hall–Kier alpha value is -0.0800. The molecule has 0 amide bonds. The maximum absolute atomic E-state index is 3.84. The minimum Gasteiger partial charge on any atom is -0.311 e. The second-order valence-corrected chi connectivity index (χ2v) is 5.36. The van der Waals surface area contributed by atoms with E-state index >= 15 is 0 Å². The molecule has 2 nitrogen and oxygen atoms in total. The van der Waals surface area contributed by atoms with Crippen LogP contribution in [0, 0.1) is 5.41 Å². The summed E-state index contributed by atoms with van der Waals surface area (Å²) in [7, 11) is 2.23. The summed E-state index contributed by atoms with van der Waals surface area (Å²) < 4.78 is 0. The number of hydrogen-bond donors (Lipinski definition) is 1. The van der Waals surface area contributed by atoms with Gasteiger partial charge in [-0.2, -0.15) is 0 Å². The third kappa shape index (κ3) is 1.50. The minimum atomic E-state index is 0.834. The van der Waals surface area contributed by atoms with Crippen LogP contribution in [0.4, 0.5) is 0 Å². The molecular formula is C11H20N2. The Kier molecular flexibility index (Phi) is 1.72. The highest BCUT2D eigenvalue weighted by Gasteiger charge is 2.62. The maximum Gasteiger partial charge on any atom is 0.0133 e. The van der Waals surface area contributed by atoms with Crippen molar-refractivity contribution in [1.82, 2.24) is 10.2 Å². The van der Waals surface area contributed by atoms with E-state index in [0.717, 1.165) is 17.5 Å². The van der Waals surface area contributed by atoms with Crippen LogP contribution in [0.2, 0.25) is 0 Å². The van der Waals surface area contributed by atoms with E-state index in [4.69, 9.17) is 0 Å². The first-order valence-electron chi connectivity index (χ1n) is 5.73. The lowest BCUT2D eigenvalue weighted by molar-refractivity contribution is 0.232. The number of nitrogens with zero attached hydrogens (tertiary/aromatic N) is 1. The largest absolute Gasteiger partial charge is 0.311 e. The second kappa shape index (κ2) is 2.71. The summed E-state index contributed by atoms with van der Waals surface area (Å²) in [5, 5.41) is 3.84. The lowest BCUT2D eigenvalue weighted by atomic mass is 10.1. The first-order chi connectivity index (χ1) is 6.28. The van der Waals surface area contributed by atoms with Crippen LogP contribution in [-0.4, -0.2) is 37.1 Å². The SMILES string of the molecule is CN1CCC(NC2CC23CC3)CC1. The Morgan fingerprint density at radius 3 is 2.46 bits per heavy atom. The maximum atomic E-state index is 3.84. The Morgan fingerprint density at radius 1 is 1.23 bits per heavy atom. The highest BCUT2D eigenvalue weighted by Crippen LogP contribution is 2.66. The zero-order valence-electron chi connectivity index (χ0n) is 8.55. The van der Waals surface area contributed by atoms with Crippen LogP contribution in [0.5, 0.6) is 0 Å². The summed E-state index contributed by atoms with van der Waals surface area (Å²) in [4.78, 5) is 2.44. The van der Waals surface area contributed by atoms with Crippen molar-refractivity contribution in [3.63, 3.8) is 0 Å². The number of nitrogens with one attached hydrogen (secondary N) is 1. The summed E-state index contributed by atoms with van der Waals surface area (Å²) in [5.41, 5.74) is 0.837. The monoisotopic (exact) mass is 180 g/mol. The molecule has 13 heavy (non-hydrogen) atoms. The van der Waals surface area contributed by atoms with Crippen molar-refractivity contribution in [2.24, 2.45) is 5.41 Å². The normalized spacial score (nSPS) is 38.1. The van der Waals surface area contributed by atoms with Gasteiger partial charge in [-0.15, -0.1) is 0 Å². The van der Waals surface area contributed by atoms with Gasteiger partial charge in [-0.1, -0.05) is 0 Å². The van der Waals surface area contributed by atoms with E-state index in [0.29, 0.717) is 0 Å². The molecule has 1 N–H and O–H groups in total. The lowest BCUT2D eigenvalue weighted by Crippen LogP contribution is -2.42. The molecule has 0 aromatic rings. The van der Waals surface area contributed by atoms with Gasteiger partial charge in [0.25, 0.3) is 0 Å². The predicted molar refractivity (Wildman–Crippen MR) is 53.7 cm³/mol. The minimum absolute atomic E-state index is 0.834. The Balaban J connectivity index is 1.46. The fourth-order valence-corrected chi connectivity index (χ4v) is 2.76. The van der Waals surface area contributed by atoms with E-state index in [9.17, 15) is 0 Å². The van der Waals surface area contributed by atoms with Crippen molar-refractivity contribution >= 4 is 0 Å². The van der Waals surface area contributed by atoms with E-state index < -0.39 is 0 Å². The van der Waals surface area contributed by atoms with Crippen molar-refractivity contribution in [2.45, 2.75) is 44.2 Å². The summed E-state index contributed by atoms with van der Waals surface area (Å²) in [6.45, 7) is 2.58. The molecule has 3 rings (SSSR count). The molecule has 1 spiro atoms. The molecule has 3 aliphatic rings. The van der Waals surface area contributed by atoms with Crippen LogP contribution in [-0.2, 0) is 0 Å². The second-order valence-electron chi connectivity index (χ2n) is 5.36. The van der Waals surface area contributed by atoms with Gasteiger partial charge >= 0.3 is 0 Å². The van der Waals surface area contributed by atoms with Gasteiger partial charge in [0.05, 0.1) is 0 Å². The molecule has 2 aliphatic carbocycles. The number of rotatable bonds is 2. The topological polar surface area (TPSA) is 15.3 Å². The molecular weight excluding hydrogens is 160 g/mol. The molecule has 1 aliphatic heterocycles. The van der Waals surface area contributed by atoms with E-state index in [2.05, 4.69) is 17.3 Å². The van der Waals surface area contributed by atoms with Crippen LogP contribution in [0.1, 0.15) is 32.1 Å². The summed E-state index contributed by atoms with van der Waals surface area (Å²) in [6.07, 6.45) is 7.24. The lowest BCUT2D eigenvalue weighted by Gasteiger charge is -2.29. The van der Waals surface area contributed by atoms with Gasteiger partial charge in [-0.05, 0) is 57.7 Å². The Labute approximate surface area is 80.7 Å². The van der Waals surface area contributed by atoms with Crippen LogP contribution < -0.4 is 5.32 Å². The van der Waals surface area contributed by atoms with Gasteiger partial charge in [-0.25, -0.2) is 0 Å². The number of piperidine rings is 1. The molecule has 1 atom stereocenters. The average molecular weight is 180 g/mol. The molecule has 0 aromatic heterocycles. The van der Waals surface area contributed by atoms with Gasteiger partial charge < -0.3 is 10.2 Å². The molecule has 0 radical (unpaired) electrons. The first-order valence-corrected chi connectivity index (χ1v) is 5.73. The van der Waals surface area contributed by atoms with Gasteiger partial charge in [0.1, 0.15) is 0 Å². The summed E-state index contributed by atoms with van der Waals surface area (Å²) >= 11 is 0. The molecule has 1 heterocycles. The highest BCUT2D eigenvalue weighted by atomic mass is 15.1. The molecule has 2 heteroatoms. The molecule has 3 fully saturated rings. The van der Waals surface area contributed by atoms with Crippen LogP contribution in [0.3, 0.4) is 0 Å². The highest BCUT2D eigenvalue weighted by molar-refractivity contribution is 5.17. The van der Waals surface area contributed by atoms with Gasteiger partial charge in [-0.3, -0.25) is 0 Å².